The number of rotatable bonds is 3. The normalized spacial score (nSPS) is 10.4. The second-order valence-corrected chi connectivity index (χ2v) is 4.07. The van der Waals surface area contributed by atoms with Crippen molar-refractivity contribution in [2.45, 2.75) is 0 Å². The Morgan fingerprint density at radius 1 is 0.947 bits per heavy atom. The van der Waals surface area contributed by atoms with Crippen molar-refractivity contribution in [2.24, 2.45) is 5.84 Å². The SMILES string of the molecule is NNc1ccnc2c(Oc3ccccc3)cccc12. The maximum atomic E-state index is 5.86. The fourth-order valence-corrected chi connectivity index (χ4v) is 1.97. The van der Waals surface area contributed by atoms with E-state index in [4.69, 9.17) is 10.6 Å². The van der Waals surface area contributed by atoms with E-state index in [1.54, 1.807) is 6.20 Å². The zero-order valence-electron chi connectivity index (χ0n) is 10.2. The second kappa shape index (κ2) is 4.96. The Labute approximate surface area is 110 Å². The van der Waals surface area contributed by atoms with Crippen LogP contribution in [-0.2, 0) is 0 Å². The molecule has 0 saturated carbocycles. The van der Waals surface area contributed by atoms with Crippen LogP contribution in [0.2, 0.25) is 0 Å². The average molecular weight is 251 g/mol. The maximum absolute atomic E-state index is 5.86. The molecule has 0 fully saturated rings. The van der Waals surface area contributed by atoms with Crippen LogP contribution in [0.15, 0.2) is 60.8 Å². The molecule has 0 atom stereocenters. The summed E-state index contributed by atoms with van der Waals surface area (Å²) in [5, 5.41) is 0.929. The Balaban J connectivity index is 2.09. The number of benzene rings is 2. The minimum Gasteiger partial charge on any atom is -0.455 e. The standard InChI is InChI=1S/C15H13N3O/c16-18-13-9-10-17-15-12(13)7-4-8-14(15)19-11-5-2-1-3-6-11/h1-10H,16H2,(H,17,18). The number of nitrogen functional groups attached to an aromatic ring is 1. The van der Waals surface area contributed by atoms with Crippen molar-refractivity contribution in [2.75, 3.05) is 5.43 Å². The Morgan fingerprint density at radius 2 is 1.79 bits per heavy atom. The molecule has 94 valence electrons. The molecule has 0 bridgehead atoms. The summed E-state index contributed by atoms with van der Waals surface area (Å²) in [6.45, 7) is 0. The van der Waals surface area contributed by atoms with Gasteiger partial charge in [0, 0.05) is 11.6 Å². The molecule has 3 N–H and O–H groups in total. The number of para-hydroxylation sites is 2. The van der Waals surface area contributed by atoms with Crippen molar-refractivity contribution in [1.82, 2.24) is 4.98 Å². The zero-order valence-corrected chi connectivity index (χ0v) is 10.2. The first kappa shape index (κ1) is 11.5. The molecule has 2 aromatic carbocycles. The maximum Gasteiger partial charge on any atom is 0.153 e. The number of fused-ring (bicyclic) bond motifs is 1. The van der Waals surface area contributed by atoms with Crippen LogP contribution in [0.5, 0.6) is 11.5 Å². The van der Waals surface area contributed by atoms with Gasteiger partial charge in [0.25, 0.3) is 0 Å². The van der Waals surface area contributed by atoms with Crippen molar-refractivity contribution in [3.63, 3.8) is 0 Å². The first-order valence-electron chi connectivity index (χ1n) is 5.96. The van der Waals surface area contributed by atoms with Crippen LogP contribution < -0.4 is 16.0 Å². The largest absolute Gasteiger partial charge is 0.455 e. The lowest BCUT2D eigenvalue weighted by molar-refractivity contribution is 0.487. The van der Waals surface area contributed by atoms with Gasteiger partial charge in [-0.1, -0.05) is 30.3 Å². The number of ether oxygens (including phenoxy) is 1. The van der Waals surface area contributed by atoms with E-state index in [2.05, 4.69) is 10.4 Å². The van der Waals surface area contributed by atoms with Gasteiger partial charge in [0.1, 0.15) is 11.3 Å². The van der Waals surface area contributed by atoms with Gasteiger partial charge in [0.15, 0.2) is 5.75 Å². The van der Waals surface area contributed by atoms with Crippen LogP contribution >= 0.6 is 0 Å². The number of nitrogens with one attached hydrogen (secondary N) is 1. The molecule has 3 aromatic rings. The van der Waals surface area contributed by atoms with E-state index in [1.807, 2.05) is 54.6 Å². The molecule has 3 rings (SSSR count). The van der Waals surface area contributed by atoms with Gasteiger partial charge in [-0.05, 0) is 24.3 Å². The first-order chi connectivity index (χ1) is 9.38. The van der Waals surface area contributed by atoms with Gasteiger partial charge in [-0.2, -0.15) is 0 Å². The molecule has 0 amide bonds. The topological polar surface area (TPSA) is 60.2 Å². The summed E-state index contributed by atoms with van der Waals surface area (Å²) in [6.07, 6.45) is 1.70. The molecular weight excluding hydrogens is 238 g/mol. The quantitative estimate of drug-likeness (QED) is 0.554. The molecule has 1 aromatic heterocycles. The molecule has 0 unspecified atom stereocenters. The summed E-state index contributed by atoms with van der Waals surface area (Å²) in [6, 6.07) is 17.2. The lowest BCUT2D eigenvalue weighted by Gasteiger charge is -2.10. The van der Waals surface area contributed by atoms with Crippen molar-refractivity contribution < 1.29 is 4.74 Å². The Hall–Kier alpha value is -2.59. The molecule has 0 saturated heterocycles. The molecule has 0 aliphatic rings. The van der Waals surface area contributed by atoms with E-state index in [-0.39, 0.29) is 0 Å². The highest BCUT2D eigenvalue weighted by Gasteiger charge is 2.07. The van der Waals surface area contributed by atoms with Gasteiger partial charge in [-0.3, -0.25) is 10.8 Å². The smallest absolute Gasteiger partial charge is 0.153 e. The van der Waals surface area contributed by atoms with E-state index in [0.29, 0.717) is 5.75 Å². The molecule has 0 spiro atoms. The summed E-state index contributed by atoms with van der Waals surface area (Å²) in [5.74, 6) is 6.99. The zero-order chi connectivity index (χ0) is 13.1. The van der Waals surface area contributed by atoms with Gasteiger partial charge in [-0.25, -0.2) is 0 Å². The summed E-state index contributed by atoms with van der Waals surface area (Å²) < 4.78 is 5.86. The van der Waals surface area contributed by atoms with Gasteiger partial charge in [0.2, 0.25) is 0 Å². The third kappa shape index (κ3) is 2.21. The van der Waals surface area contributed by atoms with Crippen LogP contribution in [0.3, 0.4) is 0 Å². The lowest BCUT2D eigenvalue weighted by Crippen LogP contribution is -2.07. The van der Waals surface area contributed by atoms with Crippen LogP contribution in [0, 0.1) is 0 Å². The first-order valence-corrected chi connectivity index (χ1v) is 5.96. The number of anilines is 1. The molecule has 4 nitrogen and oxygen atoms in total. The summed E-state index contributed by atoms with van der Waals surface area (Å²) >= 11 is 0. The highest BCUT2D eigenvalue weighted by Crippen LogP contribution is 2.31. The van der Waals surface area contributed by atoms with E-state index >= 15 is 0 Å². The van der Waals surface area contributed by atoms with Crippen molar-refractivity contribution in [3.05, 3.63) is 60.8 Å². The third-order valence-corrected chi connectivity index (χ3v) is 2.86. The molecule has 19 heavy (non-hydrogen) atoms. The van der Waals surface area contributed by atoms with Crippen LogP contribution in [0.1, 0.15) is 0 Å². The van der Waals surface area contributed by atoms with Gasteiger partial charge < -0.3 is 10.2 Å². The average Bonchev–Trinajstić information content (AvgIpc) is 2.48. The minimum absolute atomic E-state index is 0.709. The number of hydrogen-bond acceptors (Lipinski definition) is 4. The van der Waals surface area contributed by atoms with E-state index in [1.165, 1.54) is 0 Å². The molecule has 0 radical (unpaired) electrons. The van der Waals surface area contributed by atoms with E-state index in [9.17, 15) is 0 Å². The van der Waals surface area contributed by atoms with Crippen LogP contribution in [0.4, 0.5) is 5.69 Å². The van der Waals surface area contributed by atoms with Crippen molar-refractivity contribution in [1.29, 1.82) is 0 Å². The monoisotopic (exact) mass is 251 g/mol. The summed E-state index contributed by atoms with van der Waals surface area (Å²) in [7, 11) is 0. The van der Waals surface area contributed by atoms with E-state index in [0.717, 1.165) is 22.3 Å². The summed E-state index contributed by atoms with van der Waals surface area (Å²) in [4.78, 5) is 4.37. The fourth-order valence-electron chi connectivity index (χ4n) is 1.97. The Kier molecular flexibility index (Phi) is 3.00. The highest BCUT2D eigenvalue weighted by atomic mass is 16.5. The van der Waals surface area contributed by atoms with E-state index < -0.39 is 0 Å². The number of nitrogens with zero attached hydrogens (tertiary/aromatic N) is 1. The highest BCUT2D eigenvalue weighted by molar-refractivity contribution is 5.94. The number of pyridine rings is 1. The second-order valence-electron chi connectivity index (χ2n) is 4.07. The van der Waals surface area contributed by atoms with Crippen LogP contribution in [0.25, 0.3) is 10.9 Å². The Bertz CT molecular complexity index is 698. The van der Waals surface area contributed by atoms with Crippen molar-refractivity contribution in [3.8, 4) is 11.5 Å². The third-order valence-electron chi connectivity index (χ3n) is 2.86. The number of hydrogen-bond donors (Lipinski definition) is 2. The number of aromatic nitrogens is 1. The van der Waals surface area contributed by atoms with Gasteiger partial charge in [0.05, 0.1) is 5.69 Å². The lowest BCUT2D eigenvalue weighted by atomic mass is 10.2. The number of nitrogens with two attached hydrogens (primary N) is 1. The molecule has 0 aliphatic heterocycles. The fraction of sp³-hybridized carbons (Fsp3) is 0. The molecule has 1 heterocycles. The Morgan fingerprint density at radius 3 is 2.58 bits per heavy atom. The predicted octanol–water partition coefficient (Wildman–Crippen LogP) is 3.31. The molecule has 0 aliphatic carbocycles. The van der Waals surface area contributed by atoms with Crippen LogP contribution in [-0.4, -0.2) is 4.98 Å². The predicted molar refractivity (Wildman–Crippen MR) is 76.1 cm³/mol. The molecule has 4 heteroatoms. The minimum atomic E-state index is 0.709. The van der Waals surface area contributed by atoms with Crippen molar-refractivity contribution >= 4 is 16.6 Å². The number of hydrazine groups is 1. The molecular formula is C15H13N3O. The van der Waals surface area contributed by atoms with Gasteiger partial charge >= 0.3 is 0 Å². The summed E-state index contributed by atoms with van der Waals surface area (Å²) in [5.41, 5.74) is 4.27. The van der Waals surface area contributed by atoms with Gasteiger partial charge in [-0.15, -0.1) is 0 Å².